The van der Waals surface area contributed by atoms with Gasteiger partial charge in [-0.25, -0.2) is 0 Å². The molecule has 0 saturated carbocycles. The number of aliphatic hydroxyl groups is 1. The van der Waals surface area contributed by atoms with Gasteiger partial charge in [-0.05, 0) is 56.9 Å². The Balaban J connectivity index is 1.70. The van der Waals surface area contributed by atoms with Gasteiger partial charge >= 0.3 is 0 Å². The summed E-state index contributed by atoms with van der Waals surface area (Å²) in [7, 11) is 0. The third-order valence-electron chi connectivity index (χ3n) is 4.61. The predicted molar refractivity (Wildman–Crippen MR) is 119 cm³/mol. The van der Waals surface area contributed by atoms with Gasteiger partial charge in [0, 0.05) is 11.6 Å². The molecule has 1 aliphatic rings. The lowest BCUT2D eigenvalue weighted by Crippen LogP contribution is -2.40. The number of nitrogens with one attached hydrogen (secondary N) is 2. The number of hydrogen-bond acceptors (Lipinski definition) is 5. The molecule has 1 aliphatic carbocycles. The molecule has 0 bridgehead atoms. The van der Waals surface area contributed by atoms with E-state index in [1.165, 1.54) is 0 Å². The second-order valence-corrected chi connectivity index (χ2v) is 8.78. The van der Waals surface area contributed by atoms with Crippen molar-refractivity contribution in [3.05, 3.63) is 70.5 Å². The summed E-state index contributed by atoms with van der Waals surface area (Å²) >= 11 is 6.07. The Kier molecular flexibility index (Phi) is 7.86. The summed E-state index contributed by atoms with van der Waals surface area (Å²) in [6, 6.07) is 12.0. The van der Waals surface area contributed by atoms with E-state index in [1.54, 1.807) is 0 Å². The van der Waals surface area contributed by atoms with E-state index < -0.39 is 12.0 Å². The van der Waals surface area contributed by atoms with Crippen molar-refractivity contribution in [3.8, 4) is 0 Å². The number of aliphatic hydroxyl groups excluding tert-OH is 1. The first kappa shape index (κ1) is 22.7. The molecule has 0 aliphatic heterocycles. The fourth-order valence-corrected chi connectivity index (χ4v) is 3.26. The third-order valence-corrected chi connectivity index (χ3v) is 4.92. The maximum atomic E-state index is 10.2. The number of aromatic amines is 1. The molecule has 1 aromatic carbocycles. The normalized spacial score (nSPS) is 16.7. The molecule has 0 spiro atoms. The monoisotopic (exact) mass is 431 g/mol. The Morgan fingerprint density at radius 2 is 1.97 bits per heavy atom. The summed E-state index contributed by atoms with van der Waals surface area (Å²) in [5.41, 5.74) is 3.45. The molecular weight excluding hydrogens is 402 g/mol. The van der Waals surface area contributed by atoms with E-state index in [4.69, 9.17) is 21.1 Å². The molecule has 162 valence electrons. The van der Waals surface area contributed by atoms with Gasteiger partial charge in [-0.1, -0.05) is 48.0 Å². The third kappa shape index (κ3) is 7.07. The van der Waals surface area contributed by atoms with Crippen LogP contribution < -0.4 is 5.32 Å². The topological polar surface area (TPSA) is 79.4 Å². The molecule has 0 radical (unpaired) electrons. The molecular formula is C23H30ClN3O3. The first-order chi connectivity index (χ1) is 14.3. The Morgan fingerprint density at radius 1 is 1.20 bits per heavy atom. The van der Waals surface area contributed by atoms with Crippen LogP contribution in [0.25, 0.3) is 5.57 Å². The number of halogens is 1. The van der Waals surface area contributed by atoms with Gasteiger partial charge in [0.25, 0.3) is 0 Å². The lowest BCUT2D eigenvalue weighted by Gasteiger charge is -2.26. The zero-order valence-electron chi connectivity index (χ0n) is 17.7. The summed E-state index contributed by atoms with van der Waals surface area (Å²) in [5.74, 6) is 0. The Bertz CT molecular complexity index is 871. The van der Waals surface area contributed by atoms with E-state index in [1.807, 2.05) is 69.3 Å². The van der Waals surface area contributed by atoms with Crippen molar-refractivity contribution in [2.24, 2.45) is 0 Å². The van der Waals surface area contributed by atoms with Crippen LogP contribution in [0.5, 0.6) is 0 Å². The molecule has 2 unspecified atom stereocenters. The highest BCUT2D eigenvalue weighted by atomic mass is 35.5. The molecule has 6 nitrogen and oxygen atoms in total. The zero-order chi connectivity index (χ0) is 21.6. The van der Waals surface area contributed by atoms with Crippen molar-refractivity contribution in [3.63, 3.8) is 0 Å². The van der Waals surface area contributed by atoms with E-state index >= 15 is 0 Å². The fourth-order valence-electron chi connectivity index (χ4n) is 3.11. The molecule has 30 heavy (non-hydrogen) atoms. The first-order valence-electron chi connectivity index (χ1n) is 10.2. The molecule has 1 aromatic heterocycles. The van der Waals surface area contributed by atoms with E-state index in [9.17, 15) is 5.11 Å². The van der Waals surface area contributed by atoms with Crippen molar-refractivity contribution >= 4 is 17.2 Å². The predicted octanol–water partition coefficient (Wildman–Crippen LogP) is 4.65. The molecule has 0 fully saturated rings. The van der Waals surface area contributed by atoms with Crippen LogP contribution in [-0.4, -0.2) is 33.9 Å². The Labute approximate surface area is 182 Å². The van der Waals surface area contributed by atoms with Gasteiger partial charge in [0.15, 0.2) is 0 Å². The highest BCUT2D eigenvalue weighted by Gasteiger charge is 2.21. The highest BCUT2D eigenvalue weighted by Crippen LogP contribution is 2.29. The second-order valence-electron chi connectivity index (χ2n) is 8.29. The standard InChI is InChI=1S/C23H30ClN3O3/c1-23(2,3)30-22(28)25-14-21(29-15-16-7-5-4-6-8-16)20-13-19(26-27-20)17-9-11-18(24)12-10-17/h4-9,11,13,21-22,25,28H,10,12,14-15H2,1-3H3,(H,26,27). The van der Waals surface area contributed by atoms with Gasteiger partial charge < -0.3 is 14.6 Å². The number of hydrogen-bond donors (Lipinski definition) is 3. The summed E-state index contributed by atoms with van der Waals surface area (Å²) < 4.78 is 11.7. The summed E-state index contributed by atoms with van der Waals surface area (Å²) in [6.07, 6.45) is 4.16. The smallest absolute Gasteiger partial charge is 0.214 e. The van der Waals surface area contributed by atoms with Crippen LogP contribution in [0.2, 0.25) is 0 Å². The summed E-state index contributed by atoms with van der Waals surface area (Å²) in [5, 5.41) is 21.6. The van der Waals surface area contributed by atoms with Gasteiger partial charge in [-0.3, -0.25) is 10.4 Å². The van der Waals surface area contributed by atoms with Crippen molar-refractivity contribution in [2.75, 3.05) is 6.54 Å². The molecule has 3 rings (SSSR count). The quantitative estimate of drug-likeness (QED) is 0.504. The highest BCUT2D eigenvalue weighted by molar-refractivity contribution is 6.29. The second kappa shape index (κ2) is 10.4. The van der Waals surface area contributed by atoms with Crippen molar-refractivity contribution < 1.29 is 14.6 Å². The molecule has 1 heterocycles. The van der Waals surface area contributed by atoms with Gasteiger partial charge in [0.1, 0.15) is 6.10 Å². The van der Waals surface area contributed by atoms with Crippen LogP contribution in [0.3, 0.4) is 0 Å². The SMILES string of the molecule is CC(C)(C)OC(O)NCC(OCc1ccccc1)c1cc(C2=CC=C(Cl)CC2)n[nH]1. The van der Waals surface area contributed by atoms with E-state index in [-0.39, 0.29) is 6.10 Å². The van der Waals surface area contributed by atoms with Gasteiger partial charge in [0.2, 0.25) is 6.41 Å². The molecule has 3 N–H and O–H groups in total. The van der Waals surface area contributed by atoms with Gasteiger partial charge in [-0.15, -0.1) is 0 Å². The lowest BCUT2D eigenvalue weighted by molar-refractivity contribution is -0.184. The van der Waals surface area contributed by atoms with Crippen molar-refractivity contribution in [1.82, 2.24) is 15.5 Å². The Morgan fingerprint density at radius 3 is 2.63 bits per heavy atom. The molecule has 2 atom stereocenters. The van der Waals surface area contributed by atoms with E-state index in [0.717, 1.165) is 40.4 Å². The van der Waals surface area contributed by atoms with Crippen LogP contribution >= 0.6 is 11.6 Å². The summed E-state index contributed by atoms with van der Waals surface area (Å²) in [4.78, 5) is 0. The Hall–Kier alpha value is -1.96. The molecule has 0 saturated heterocycles. The first-order valence-corrected chi connectivity index (χ1v) is 10.5. The minimum atomic E-state index is -1.09. The average molecular weight is 432 g/mol. The number of benzene rings is 1. The van der Waals surface area contributed by atoms with E-state index in [2.05, 4.69) is 15.5 Å². The zero-order valence-corrected chi connectivity index (χ0v) is 18.4. The lowest BCUT2D eigenvalue weighted by atomic mass is 10.0. The number of ether oxygens (including phenoxy) is 2. The molecule has 2 aromatic rings. The van der Waals surface area contributed by atoms with Crippen LogP contribution in [-0.2, 0) is 16.1 Å². The van der Waals surface area contributed by atoms with Crippen molar-refractivity contribution in [1.29, 1.82) is 0 Å². The average Bonchev–Trinajstić information content (AvgIpc) is 3.18. The number of nitrogens with zero attached hydrogens (tertiary/aromatic N) is 1. The maximum absolute atomic E-state index is 10.2. The van der Waals surface area contributed by atoms with Crippen molar-refractivity contribution in [2.45, 2.75) is 58.3 Å². The maximum Gasteiger partial charge on any atom is 0.214 e. The van der Waals surface area contributed by atoms with Crippen LogP contribution in [0.1, 0.15) is 56.7 Å². The minimum absolute atomic E-state index is 0.340. The van der Waals surface area contributed by atoms with Gasteiger partial charge in [0.05, 0.1) is 23.6 Å². The molecule has 0 amide bonds. The van der Waals surface area contributed by atoms with Crippen LogP contribution in [0.4, 0.5) is 0 Å². The summed E-state index contributed by atoms with van der Waals surface area (Å²) in [6.45, 7) is 6.47. The number of aromatic nitrogens is 2. The van der Waals surface area contributed by atoms with Crippen LogP contribution in [0, 0.1) is 0 Å². The number of allylic oxidation sites excluding steroid dienone is 4. The number of rotatable bonds is 9. The minimum Gasteiger partial charge on any atom is -0.366 e. The van der Waals surface area contributed by atoms with E-state index in [0.29, 0.717) is 13.2 Å². The van der Waals surface area contributed by atoms with Crippen LogP contribution in [0.15, 0.2) is 53.6 Å². The largest absolute Gasteiger partial charge is 0.366 e. The molecule has 7 heteroatoms. The van der Waals surface area contributed by atoms with Gasteiger partial charge in [-0.2, -0.15) is 5.10 Å². The number of H-pyrrole nitrogens is 1. The fraction of sp³-hybridized carbons (Fsp3) is 0.435.